The van der Waals surface area contributed by atoms with Crippen LogP contribution in [-0.4, -0.2) is 28.7 Å². The van der Waals surface area contributed by atoms with E-state index in [-0.39, 0.29) is 5.60 Å². The van der Waals surface area contributed by atoms with Crippen molar-refractivity contribution in [1.82, 2.24) is 4.90 Å². The van der Waals surface area contributed by atoms with Gasteiger partial charge in [-0.05, 0) is 38.0 Å². The first-order chi connectivity index (χ1) is 7.72. The van der Waals surface area contributed by atoms with Crippen LogP contribution in [0, 0.1) is 17.4 Å². The van der Waals surface area contributed by atoms with Crippen LogP contribution >= 0.6 is 0 Å². The minimum Gasteiger partial charge on any atom is -0.390 e. The summed E-state index contributed by atoms with van der Waals surface area (Å²) in [5, 5.41) is 19.2. The molecule has 1 aliphatic carbocycles. The Labute approximate surface area is 98.1 Å². The van der Waals surface area contributed by atoms with E-state index in [2.05, 4.69) is 6.19 Å². The molecule has 1 saturated heterocycles. The van der Waals surface area contributed by atoms with Crippen LogP contribution in [-0.2, 0) is 0 Å². The van der Waals surface area contributed by atoms with Gasteiger partial charge in [0.15, 0.2) is 6.19 Å². The van der Waals surface area contributed by atoms with E-state index in [0.29, 0.717) is 5.92 Å². The molecule has 0 aromatic rings. The smallest absolute Gasteiger partial charge is 0.179 e. The van der Waals surface area contributed by atoms with Crippen molar-refractivity contribution in [1.29, 1.82) is 5.26 Å². The molecule has 0 spiro atoms. The van der Waals surface area contributed by atoms with Gasteiger partial charge in [-0.25, -0.2) is 0 Å². The highest BCUT2D eigenvalue weighted by atomic mass is 16.3. The maximum Gasteiger partial charge on any atom is 0.179 e. The van der Waals surface area contributed by atoms with Gasteiger partial charge in [0.2, 0.25) is 0 Å². The van der Waals surface area contributed by atoms with Crippen LogP contribution in [0.15, 0.2) is 0 Å². The van der Waals surface area contributed by atoms with Crippen LogP contribution in [0.5, 0.6) is 0 Å². The summed E-state index contributed by atoms with van der Waals surface area (Å²) in [7, 11) is 0. The van der Waals surface area contributed by atoms with Gasteiger partial charge in [0.25, 0.3) is 0 Å². The molecular formula is C13H22N2O. The summed E-state index contributed by atoms with van der Waals surface area (Å²) in [4.78, 5) is 1.83. The Balaban J connectivity index is 1.79. The zero-order chi connectivity index (χ0) is 11.4. The topological polar surface area (TPSA) is 47.3 Å². The van der Waals surface area contributed by atoms with E-state index in [0.717, 1.165) is 45.2 Å². The molecule has 0 atom stereocenters. The van der Waals surface area contributed by atoms with Crippen molar-refractivity contribution in [3.63, 3.8) is 0 Å². The molecule has 1 saturated carbocycles. The molecule has 0 radical (unpaired) electrons. The lowest BCUT2D eigenvalue weighted by molar-refractivity contribution is -0.0235. The fourth-order valence-electron chi connectivity index (χ4n) is 3.19. The summed E-state index contributed by atoms with van der Waals surface area (Å²) >= 11 is 0. The third-order valence-electron chi connectivity index (χ3n) is 4.21. The van der Waals surface area contributed by atoms with E-state index in [9.17, 15) is 5.11 Å². The Kier molecular flexibility index (Phi) is 3.70. The summed E-state index contributed by atoms with van der Waals surface area (Å²) in [6.07, 6.45) is 11.0. The molecule has 0 bridgehead atoms. The summed E-state index contributed by atoms with van der Waals surface area (Å²) in [6, 6.07) is 0. The Morgan fingerprint density at radius 2 is 1.81 bits per heavy atom. The molecule has 0 unspecified atom stereocenters. The summed E-state index contributed by atoms with van der Waals surface area (Å²) in [5.41, 5.74) is -0.377. The van der Waals surface area contributed by atoms with E-state index in [1.54, 1.807) is 0 Å². The van der Waals surface area contributed by atoms with Gasteiger partial charge >= 0.3 is 0 Å². The van der Waals surface area contributed by atoms with Gasteiger partial charge in [-0.1, -0.05) is 19.3 Å². The van der Waals surface area contributed by atoms with E-state index < -0.39 is 0 Å². The molecule has 2 fully saturated rings. The Morgan fingerprint density at radius 3 is 2.38 bits per heavy atom. The second kappa shape index (κ2) is 5.05. The van der Waals surface area contributed by atoms with Crippen molar-refractivity contribution in [2.24, 2.45) is 5.92 Å². The highest BCUT2D eigenvalue weighted by Gasteiger charge is 2.33. The number of piperidine rings is 1. The number of aliphatic hydroxyl groups is 1. The molecule has 3 nitrogen and oxygen atoms in total. The molecule has 16 heavy (non-hydrogen) atoms. The maximum atomic E-state index is 10.5. The molecular weight excluding hydrogens is 200 g/mol. The highest BCUT2D eigenvalue weighted by molar-refractivity contribution is 4.88. The minimum atomic E-state index is -0.377. The van der Waals surface area contributed by atoms with Crippen molar-refractivity contribution in [3.05, 3.63) is 0 Å². The average molecular weight is 222 g/mol. The fraction of sp³-hybridized carbons (Fsp3) is 0.923. The Morgan fingerprint density at radius 1 is 1.19 bits per heavy atom. The second-order valence-electron chi connectivity index (χ2n) is 5.52. The second-order valence-corrected chi connectivity index (χ2v) is 5.52. The van der Waals surface area contributed by atoms with Gasteiger partial charge in [-0.15, -0.1) is 0 Å². The zero-order valence-electron chi connectivity index (χ0n) is 9.99. The first-order valence-corrected chi connectivity index (χ1v) is 6.59. The third kappa shape index (κ3) is 2.89. The lowest BCUT2D eigenvalue weighted by atomic mass is 9.76. The first kappa shape index (κ1) is 11.7. The SMILES string of the molecule is N#CN1CCC(CC2(O)CCCCC2)CC1. The van der Waals surface area contributed by atoms with Gasteiger partial charge in [0.05, 0.1) is 5.60 Å². The third-order valence-corrected chi connectivity index (χ3v) is 4.21. The molecule has 1 heterocycles. The predicted octanol–water partition coefficient (Wildman–Crippen LogP) is 2.26. The van der Waals surface area contributed by atoms with Crippen molar-refractivity contribution < 1.29 is 5.11 Å². The van der Waals surface area contributed by atoms with Crippen LogP contribution in [0.2, 0.25) is 0 Å². The number of likely N-dealkylation sites (tertiary alicyclic amines) is 1. The predicted molar refractivity (Wildman–Crippen MR) is 62.6 cm³/mol. The molecule has 0 aromatic carbocycles. The Bertz CT molecular complexity index is 258. The molecule has 90 valence electrons. The number of hydrogen-bond donors (Lipinski definition) is 1. The fourth-order valence-corrected chi connectivity index (χ4v) is 3.19. The van der Waals surface area contributed by atoms with Crippen LogP contribution < -0.4 is 0 Å². The number of nitrogens with zero attached hydrogens (tertiary/aromatic N) is 2. The molecule has 0 aromatic heterocycles. The van der Waals surface area contributed by atoms with Crippen molar-refractivity contribution >= 4 is 0 Å². The normalized spacial score (nSPS) is 26.4. The molecule has 2 aliphatic rings. The van der Waals surface area contributed by atoms with Gasteiger partial charge in [-0.2, -0.15) is 5.26 Å². The van der Waals surface area contributed by atoms with Gasteiger partial charge in [0.1, 0.15) is 0 Å². The first-order valence-electron chi connectivity index (χ1n) is 6.59. The van der Waals surface area contributed by atoms with E-state index in [4.69, 9.17) is 5.26 Å². The monoisotopic (exact) mass is 222 g/mol. The number of rotatable bonds is 2. The minimum absolute atomic E-state index is 0.377. The highest BCUT2D eigenvalue weighted by Crippen LogP contribution is 2.36. The largest absolute Gasteiger partial charge is 0.390 e. The molecule has 0 amide bonds. The van der Waals surface area contributed by atoms with Gasteiger partial charge in [0, 0.05) is 13.1 Å². The van der Waals surface area contributed by atoms with Crippen molar-refractivity contribution in [2.45, 2.75) is 57.0 Å². The molecule has 1 N–H and O–H groups in total. The van der Waals surface area contributed by atoms with Gasteiger partial charge < -0.3 is 10.0 Å². The zero-order valence-corrected chi connectivity index (χ0v) is 9.99. The number of nitriles is 1. The van der Waals surface area contributed by atoms with Gasteiger partial charge in [-0.3, -0.25) is 0 Å². The van der Waals surface area contributed by atoms with Crippen LogP contribution in [0.25, 0.3) is 0 Å². The molecule has 2 rings (SSSR count). The quantitative estimate of drug-likeness (QED) is 0.729. The lowest BCUT2D eigenvalue weighted by Gasteiger charge is -2.37. The Hall–Kier alpha value is -0.750. The average Bonchev–Trinajstić information content (AvgIpc) is 2.30. The van der Waals surface area contributed by atoms with Crippen molar-refractivity contribution in [3.8, 4) is 6.19 Å². The molecule has 1 aliphatic heterocycles. The number of hydrogen-bond acceptors (Lipinski definition) is 3. The van der Waals surface area contributed by atoms with Crippen molar-refractivity contribution in [2.75, 3.05) is 13.1 Å². The van der Waals surface area contributed by atoms with Crippen LogP contribution in [0.3, 0.4) is 0 Å². The summed E-state index contributed by atoms with van der Waals surface area (Å²) < 4.78 is 0. The summed E-state index contributed by atoms with van der Waals surface area (Å²) in [6.45, 7) is 1.77. The van der Waals surface area contributed by atoms with Crippen LogP contribution in [0.1, 0.15) is 51.4 Å². The van der Waals surface area contributed by atoms with Crippen LogP contribution in [0.4, 0.5) is 0 Å². The standard InChI is InChI=1S/C13H22N2O/c14-11-15-8-4-12(5-9-15)10-13(16)6-2-1-3-7-13/h12,16H,1-10H2. The molecule has 3 heteroatoms. The summed E-state index contributed by atoms with van der Waals surface area (Å²) in [5.74, 6) is 0.632. The lowest BCUT2D eigenvalue weighted by Crippen LogP contribution is -2.37. The maximum absolute atomic E-state index is 10.5. The van der Waals surface area contributed by atoms with E-state index >= 15 is 0 Å². The van der Waals surface area contributed by atoms with E-state index in [1.807, 2.05) is 4.90 Å². The van der Waals surface area contributed by atoms with E-state index in [1.165, 1.54) is 19.3 Å².